The zero-order chi connectivity index (χ0) is 18.2. The number of halogens is 1. The maximum absolute atomic E-state index is 12.7. The van der Waals surface area contributed by atoms with Crippen molar-refractivity contribution in [3.05, 3.63) is 70.8 Å². The number of fused-ring (bicyclic) bond motifs is 2. The standard InChI is InChI=1S/C22H22ClNO2/c1-26-20(25)22(24-18-7-4-6-17(23)15-18)13-11-21(12-14-22)10-9-16-5-2-3-8-19(16)21/h2-10,15,24H,11-14H2,1H3. The molecule has 0 radical (unpaired) electrons. The summed E-state index contributed by atoms with van der Waals surface area (Å²) in [5.41, 5.74) is 2.84. The van der Waals surface area contributed by atoms with Crippen LogP contribution in [0.5, 0.6) is 0 Å². The minimum Gasteiger partial charge on any atom is -0.467 e. The molecule has 0 aliphatic heterocycles. The summed E-state index contributed by atoms with van der Waals surface area (Å²) in [6.07, 6.45) is 7.77. The Balaban J connectivity index is 1.61. The van der Waals surface area contributed by atoms with Crippen LogP contribution >= 0.6 is 11.6 Å². The highest BCUT2D eigenvalue weighted by Crippen LogP contribution is 2.49. The summed E-state index contributed by atoms with van der Waals surface area (Å²) >= 11 is 6.11. The highest BCUT2D eigenvalue weighted by molar-refractivity contribution is 6.30. The first-order chi connectivity index (χ1) is 12.6. The predicted molar refractivity (Wildman–Crippen MR) is 105 cm³/mol. The molecule has 0 unspecified atom stereocenters. The monoisotopic (exact) mass is 367 g/mol. The molecule has 1 fully saturated rings. The number of carbonyl (C=O) groups is 1. The van der Waals surface area contributed by atoms with Crippen LogP contribution in [0.15, 0.2) is 54.6 Å². The summed E-state index contributed by atoms with van der Waals surface area (Å²) in [5.74, 6) is -0.206. The van der Waals surface area contributed by atoms with E-state index in [2.05, 4.69) is 41.7 Å². The average Bonchev–Trinajstić information content (AvgIpc) is 3.02. The first-order valence-electron chi connectivity index (χ1n) is 8.98. The van der Waals surface area contributed by atoms with Crippen molar-refractivity contribution in [3.63, 3.8) is 0 Å². The van der Waals surface area contributed by atoms with Crippen LogP contribution in [0.1, 0.15) is 36.8 Å². The molecule has 0 amide bonds. The molecule has 1 saturated carbocycles. The second kappa shape index (κ2) is 6.48. The summed E-state index contributed by atoms with van der Waals surface area (Å²) < 4.78 is 5.16. The van der Waals surface area contributed by atoms with Crippen molar-refractivity contribution >= 4 is 29.3 Å². The fourth-order valence-corrected chi connectivity index (χ4v) is 4.60. The summed E-state index contributed by atoms with van der Waals surface area (Å²) in [4.78, 5) is 12.7. The van der Waals surface area contributed by atoms with Gasteiger partial charge >= 0.3 is 5.97 Å². The van der Waals surface area contributed by atoms with Crippen molar-refractivity contribution in [2.24, 2.45) is 0 Å². The van der Waals surface area contributed by atoms with E-state index in [9.17, 15) is 4.79 Å². The third-order valence-electron chi connectivity index (χ3n) is 5.86. The zero-order valence-electron chi connectivity index (χ0n) is 14.8. The van der Waals surface area contributed by atoms with E-state index < -0.39 is 5.54 Å². The SMILES string of the molecule is COC(=O)C1(Nc2cccc(Cl)c2)CCC2(C=Cc3ccccc32)CC1. The van der Waals surface area contributed by atoms with Crippen LogP contribution < -0.4 is 5.32 Å². The van der Waals surface area contributed by atoms with Crippen LogP contribution in [0.4, 0.5) is 5.69 Å². The van der Waals surface area contributed by atoms with Gasteiger partial charge in [0.2, 0.25) is 0 Å². The molecule has 2 aromatic carbocycles. The van der Waals surface area contributed by atoms with Crippen LogP contribution in [-0.2, 0) is 14.9 Å². The van der Waals surface area contributed by atoms with Crippen LogP contribution in [0.2, 0.25) is 5.02 Å². The number of allylic oxidation sites excluding steroid dienone is 1. The normalized spacial score (nSPS) is 26.5. The van der Waals surface area contributed by atoms with Gasteiger partial charge in [-0.3, -0.25) is 0 Å². The van der Waals surface area contributed by atoms with Gasteiger partial charge in [-0.1, -0.05) is 54.1 Å². The van der Waals surface area contributed by atoms with E-state index in [0.717, 1.165) is 18.5 Å². The maximum Gasteiger partial charge on any atom is 0.331 e. The fraction of sp³-hybridized carbons (Fsp3) is 0.318. The smallest absolute Gasteiger partial charge is 0.331 e. The fourth-order valence-electron chi connectivity index (χ4n) is 4.41. The van der Waals surface area contributed by atoms with E-state index in [-0.39, 0.29) is 11.4 Å². The zero-order valence-corrected chi connectivity index (χ0v) is 15.6. The molecule has 0 heterocycles. The van der Waals surface area contributed by atoms with Gasteiger partial charge in [-0.05, 0) is 55.0 Å². The number of hydrogen-bond acceptors (Lipinski definition) is 3. The summed E-state index contributed by atoms with van der Waals surface area (Å²) in [5, 5.41) is 4.08. The number of benzene rings is 2. The Hall–Kier alpha value is -2.26. The molecule has 0 bridgehead atoms. The molecule has 26 heavy (non-hydrogen) atoms. The molecule has 4 rings (SSSR count). The average molecular weight is 368 g/mol. The van der Waals surface area contributed by atoms with Crippen LogP contribution in [0.3, 0.4) is 0 Å². The third-order valence-corrected chi connectivity index (χ3v) is 6.09. The van der Waals surface area contributed by atoms with Crippen LogP contribution in [-0.4, -0.2) is 18.6 Å². The van der Waals surface area contributed by atoms with Crippen molar-refractivity contribution in [2.75, 3.05) is 12.4 Å². The van der Waals surface area contributed by atoms with Gasteiger partial charge in [-0.25, -0.2) is 4.79 Å². The first-order valence-corrected chi connectivity index (χ1v) is 9.36. The molecule has 2 aliphatic carbocycles. The quantitative estimate of drug-likeness (QED) is 0.757. The third kappa shape index (κ3) is 2.80. The number of carbonyl (C=O) groups excluding carboxylic acids is 1. The van der Waals surface area contributed by atoms with Gasteiger partial charge in [0, 0.05) is 16.1 Å². The molecule has 0 atom stereocenters. The summed E-state index contributed by atoms with van der Waals surface area (Å²) in [6.45, 7) is 0. The number of nitrogens with one attached hydrogen (secondary N) is 1. The number of hydrogen-bond donors (Lipinski definition) is 1. The molecule has 2 aliphatic rings. The van der Waals surface area contributed by atoms with E-state index in [1.54, 1.807) is 0 Å². The van der Waals surface area contributed by atoms with E-state index in [1.165, 1.54) is 18.2 Å². The van der Waals surface area contributed by atoms with E-state index in [0.29, 0.717) is 17.9 Å². The summed E-state index contributed by atoms with van der Waals surface area (Å²) in [7, 11) is 1.46. The number of rotatable bonds is 3. The lowest BCUT2D eigenvalue weighted by molar-refractivity contribution is -0.147. The van der Waals surface area contributed by atoms with Gasteiger partial charge in [0.1, 0.15) is 5.54 Å². The highest BCUT2D eigenvalue weighted by atomic mass is 35.5. The van der Waals surface area contributed by atoms with Crippen molar-refractivity contribution in [3.8, 4) is 0 Å². The van der Waals surface area contributed by atoms with Gasteiger partial charge in [0.05, 0.1) is 7.11 Å². The maximum atomic E-state index is 12.7. The number of methoxy groups -OCH3 is 1. The Morgan fingerprint density at radius 1 is 1.08 bits per heavy atom. The first kappa shape index (κ1) is 17.2. The molecular formula is C22H22ClNO2. The molecule has 3 nitrogen and oxygen atoms in total. The number of ether oxygens (including phenoxy) is 1. The molecule has 4 heteroatoms. The largest absolute Gasteiger partial charge is 0.467 e. The Morgan fingerprint density at radius 2 is 1.85 bits per heavy atom. The van der Waals surface area contributed by atoms with Gasteiger partial charge in [0.15, 0.2) is 0 Å². The molecule has 1 N–H and O–H groups in total. The van der Waals surface area contributed by atoms with Gasteiger partial charge in [-0.15, -0.1) is 0 Å². The second-order valence-electron chi connectivity index (χ2n) is 7.29. The van der Waals surface area contributed by atoms with Gasteiger partial charge in [-0.2, -0.15) is 0 Å². The van der Waals surface area contributed by atoms with Gasteiger partial charge < -0.3 is 10.1 Å². The van der Waals surface area contributed by atoms with Crippen LogP contribution in [0.25, 0.3) is 6.08 Å². The molecule has 0 saturated heterocycles. The van der Waals surface area contributed by atoms with Gasteiger partial charge in [0.25, 0.3) is 0 Å². The minimum atomic E-state index is -0.712. The van der Waals surface area contributed by atoms with Crippen molar-refractivity contribution < 1.29 is 9.53 Å². The lowest BCUT2D eigenvalue weighted by Crippen LogP contribution is -2.52. The van der Waals surface area contributed by atoms with E-state index in [1.807, 2.05) is 24.3 Å². The van der Waals surface area contributed by atoms with E-state index >= 15 is 0 Å². The lowest BCUT2D eigenvalue weighted by Gasteiger charge is -2.44. The Morgan fingerprint density at radius 3 is 2.58 bits per heavy atom. The molecule has 2 aromatic rings. The molecule has 134 valence electrons. The lowest BCUT2D eigenvalue weighted by atomic mass is 9.65. The number of esters is 1. The summed E-state index contributed by atoms with van der Waals surface area (Å²) in [6, 6.07) is 16.0. The molecule has 1 spiro atoms. The Labute approximate surface area is 159 Å². The molecule has 0 aromatic heterocycles. The van der Waals surface area contributed by atoms with Crippen molar-refractivity contribution in [2.45, 2.75) is 36.6 Å². The van der Waals surface area contributed by atoms with E-state index in [4.69, 9.17) is 16.3 Å². The van der Waals surface area contributed by atoms with Crippen molar-refractivity contribution in [1.82, 2.24) is 0 Å². The van der Waals surface area contributed by atoms with Crippen molar-refractivity contribution in [1.29, 1.82) is 0 Å². The minimum absolute atomic E-state index is 0.0319. The topological polar surface area (TPSA) is 38.3 Å². The highest BCUT2D eigenvalue weighted by Gasteiger charge is 2.49. The Kier molecular flexibility index (Phi) is 4.28. The van der Waals surface area contributed by atoms with Crippen LogP contribution in [0, 0.1) is 0 Å². The number of anilines is 1. The second-order valence-corrected chi connectivity index (χ2v) is 7.72. The predicted octanol–water partition coefficient (Wildman–Crippen LogP) is 5.20. The Bertz CT molecular complexity index is 866. The molecular weight excluding hydrogens is 346 g/mol.